The van der Waals surface area contributed by atoms with E-state index in [0.717, 1.165) is 23.6 Å². The van der Waals surface area contributed by atoms with Crippen molar-refractivity contribution in [3.63, 3.8) is 0 Å². The molecule has 0 saturated heterocycles. The number of anilines is 4. The quantitative estimate of drug-likeness (QED) is 0.650. The number of para-hydroxylation sites is 1. The number of nitrogens with one attached hydrogen (secondary N) is 1. The van der Waals surface area contributed by atoms with Gasteiger partial charge in [-0.25, -0.2) is 4.98 Å². The molecule has 0 aliphatic heterocycles. The summed E-state index contributed by atoms with van der Waals surface area (Å²) in [6.45, 7) is 2.69. The van der Waals surface area contributed by atoms with E-state index in [9.17, 15) is 0 Å². The molecule has 0 aliphatic carbocycles. The van der Waals surface area contributed by atoms with Crippen molar-refractivity contribution in [3.05, 3.63) is 53.2 Å². The lowest BCUT2D eigenvalue weighted by Gasteiger charge is -2.20. The van der Waals surface area contributed by atoms with Crippen molar-refractivity contribution in [2.45, 2.75) is 19.9 Å². The molecule has 1 N–H and O–H groups in total. The van der Waals surface area contributed by atoms with Crippen LogP contribution in [0.5, 0.6) is 0 Å². The molecule has 0 aliphatic rings. The van der Waals surface area contributed by atoms with Crippen LogP contribution in [0.2, 0.25) is 5.02 Å². The number of oxazole rings is 1. The van der Waals surface area contributed by atoms with Gasteiger partial charge in [-0.15, -0.1) is 0 Å². The van der Waals surface area contributed by atoms with E-state index < -0.39 is 0 Å². The molecule has 0 unspecified atom stereocenters. The number of hydrogen-bond acceptors (Lipinski definition) is 7. The zero-order valence-electron chi connectivity index (χ0n) is 15.9. The van der Waals surface area contributed by atoms with Crippen LogP contribution in [0.4, 0.5) is 23.3 Å². The third kappa shape index (κ3) is 4.56. The van der Waals surface area contributed by atoms with Gasteiger partial charge in [0.15, 0.2) is 12.2 Å². The Morgan fingerprint density at radius 1 is 1.15 bits per heavy atom. The first kappa shape index (κ1) is 19.1. The molecule has 3 aromatic rings. The average Bonchev–Trinajstić information content (AvgIpc) is 3.08. The predicted molar refractivity (Wildman–Crippen MR) is 108 cm³/mol. The summed E-state index contributed by atoms with van der Waals surface area (Å²) >= 11 is 6.34. The summed E-state index contributed by atoms with van der Waals surface area (Å²) in [4.78, 5) is 17.5. The second kappa shape index (κ2) is 8.37. The zero-order valence-corrected chi connectivity index (χ0v) is 16.7. The molecule has 0 fully saturated rings. The molecule has 0 radical (unpaired) electrons. The smallest absolute Gasteiger partial charge is 0.231 e. The van der Waals surface area contributed by atoms with Crippen LogP contribution < -0.4 is 10.2 Å². The summed E-state index contributed by atoms with van der Waals surface area (Å²) in [5, 5.41) is 3.88. The second-order valence-electron chi connectivity index (χ2n) is 6.40. The van der Waals surface area contributed by atoms with Gasteiger partial charge < -0.3 is 19.5 Å². The van der Waals surface area contributed by atoms with Crippen LogP contribution in [0.1, 0.15) is 18.4 Å². The summed E-state index contributed by atoms with van der Waals surface area (Å²) in [5.74, 6) is 2.65. The summed E-state index contributed by atoms with van der Waals surface area (Å²) < 4.78 is 5.39. The third-order valence-corrected chi connectivity index (χ3v) is 4.29. The SMILES string of the molecule is CCc1ocnc1Nc1cc(CN(C)C)nc(N(C)c2ccccc2Cl)n1. The van der Waals surface area contributed by atoms with Gasteiger partial charge in [0.1, 0.15) is 11.6 Å². The Morgan fingerprint density at radius 2 is 1.93 bits per heavy atom. The highest BCUT2D eigenvalue weighted by molar-refractivity contribution is 6.33. The van der Waals surface area contributed by atoms with Crippen LogP contribution in [-0.2, 0) is 13.0 Å². The largest absolute Gasteiger partial charge is 0.446 e. The highest BCUT2D eigenvalue weighted by atomic mass is 35.5. The molecular weight excluding hydrogens is 364 g/mol. The van der Waals surface area contributed by atoms with Gasteiger partial charge in [0.25, 0.3) is 0 Å². The van der Waals surface area contributed by atoms with Crippen molar-refractivity contribution in [2.24, 2.45) is 0 Å². The van der Waals surface area contributed by atoms with Crippen molar-refractivity contribution in [1.82, 2.24) is 19.9 Å². The first-order chi connectivity index (χ1) is 13.0. The molecule has 0 bridgehead atoms. The number of benzene rings is 1. The van der Waals surface area contributed by atoms with Crippen LogP contribution >= 0.6 is 11.6 Å². The van der Waals surface area contributed by atoms with E-state index in [1.807, 2.05) is 63.3 Å². The summed E-state index contributed by atoms with van der Waals surface area (Å²) in [5.41, 5.74) is 1.72. The van der Waals surface area contributed by atoms with Gasteiger partial charge in [-0.2, -0.15) is 9.97 Å². The highest BCUT2D eigenvalue weighted by Gasteiger charge is 2.15. The monoisotopic (exact) mass is 386 g/mol. The van der Waals surface area contributed by atoms with Gasteiger partial charge in [-0.3, -0.25) is 0 Å². The Bertz CT molecular complexity index is 911. The number of halogens is 1. The van der Waals surface area contributed by atoms with Crippen LogP contribution in [0.15, 0.2) is 41.1 Å². The first-order valence-electron chi connectivity index (χ1n) is 8.68. The van der Waals surface area contributed by atoms with E-state index in [-0.39, 0.29) is 0 Å². The lowest BCUT2D eigenvalue weighted by molar-refractivity contribution is 0.397. The maximum absolute atomic E-state index is 6.34. The van der Waals surface area contributed by atoms with E-state index in [2.05, 4.69) is 20.2 Å². The molecule has 27 heavy (non-hydrogen) atoms. The molecule has 8 heteroatoms. The fourth-order valence-corrected chi connectivity index (χ4v) is 2.94. The van der Waals surface area contributed by atoms with E-state index in [4.69, 9.17) is 21.0 Å². The topological polar surface area (TPSA) is 70.3 Å². The summed E-state index contributed by atoms with van der Waals surface area (Å²) in [6.07, 6.45) is 2.17. The van der Waals surface area contributed by atoms with Gasteiger partial charge in [0.05, 0.1) is 16.4 Å². The van der Waals surface area contributed by atoms with E-state index in [0.29, 0.717) is 29.2 Å². The molecule has 0 spiro atoms. The van der Waals surface area contributed by atoms with E-state index in [1.54, 1.807) is 0 Å². The van der Waals surface area contributed by atoms with Gasteiger partial charge >= 0.3 is 0 Å². The highest BCUT2D eigenvalue weighted by Crippen LogP contribution is 2.29. The van der Waals surface area contributed by atoms with Crippen molar-refractivity contribution >= 4 is 34.9 Å². The van der Waals surface area contributed by atoms with Crippen molar-refractivity contribution < 1.29 is 4.42 Å². The minimum absolute atomic E-state index is 0.548. The van der Waals surface area contributed by atoms with Crippen molar-refractivity contribution in [3.8, 4) is 0 Å². The minimum atomic E-state index is 0.548. The Hall–Kier alpha value is -2.64. The van der Waals surface area contributed by atoms with Crippen LogP contribution in [0.3, 0.4) is 0 Å². The van der Waals surface area contributed by atoms with Crippen LogP contribution in [0, 0.1) is 0 Å². The van der Waals surface area contributed by atoms with E-state index >= 15 is 0 Å². The zero-order chi connectivity index (χ0) is 19.4. The Morgan fingerprint density at radius 3 is 2.63 bits per heavy atom. The molecule has 1 aromatic carbocycles. The first-order valence-corrected chi connectivity index (χ1v) is 9.06. The molecule has 3 rings (SSSR count). The molecule has 2 aromatic heterocycles. The maximum Gasteiger partial charge on any atom is 0.231 e. The molecule has 0 amide bonds. The number of hydrogen-bond donors (Lipinski definition) is 1. The minimum Gasteiger partial charge on any atom is -0.446 e. The standard InChI is InChI=1S/C19H23ClN6O/c1-5-16-18(21-12-27-16)23-17-10-13(11-25(2)3)22-19(24-17)26(4)15-9-7-6-8-14(15)20/h6-10,12H,5,11H2,1-4H3,(H,22,23,24). The number of rotatable bonds is 7. The molecular formula is C19H23ClN6O. The Balaban J connectivity index is 1.99. The fraction of sp³-hybridized carbons (Fsp3) is 0.316. The third-order valence-electron chi connectivity index (χ3n) is 3.97. The molecule has 142 valence electrons. The summed E-state index contributed by atoms with van der Waals surface area (Å²) in [6, 6.07) is 9.53. The van der Waals surface area contributed by atoms with Gasteiger partial charge in [0, 0.05) is 26.1 Å². The predicted octanol–water partition coefficient (Wildman–Crippen LogP) is 4.25. The van der Waals surface area contributed by atoms with Crippen molar-refractivity contribution in [1.29, 1.82) is 0 Å². The summed E-state index contributed by atoms with van der Waals surface area (Å²) in [7, 11) is 5.90. The molecule has 7 nitrogen and oxygen atoms in total. The Kier molecular flexibility index (Phi) is 5.93. The van der Waals surface area contributed by atoms with Gasteiger partial charge in [-0.05, 0) is 26.2 Å². The lowest BCUT2D eigenvalue weighted by atomic mass is 10.3. The molecule has 0 saturated carbocycles. The molecule has 2 heterocycles. The van der Waals surface area contributed by atoms with Gasteiger partial charge in [-0.1, -0.05) is 30.7 Å². The Labute approximate surface area is 164 Å². The number of nitrogens with zero attached hydrogens (tertiary/aromatic N) is 5. The van der Waals surface area contributed by atoms with Gasteiger partial charge in [0.2, 0.25) is 5.95 Å². The number of aromatic nitrogens is 3. The van der Waals surface area contributed by atoms with Crippen LogP contribution in [0.25, 0.3) is 0 Å². The average molecular weight is 387 g/mol. The maximum atomic E-state index is 6.34. The van der Waals surface area contributed by atoms with Crippen LogP contribution in [-0.4, -0.2) is 41.0 Å². The second-order valence-corrected chi connectivity index (χ2v) is 6.80. The lowest BCUT2D eigenvalue weighted by Crippen LogP contribution is -2.18. The normalized spacial score (nSPS) is 11.0. The van der Waals surface area contributed by atoms with Crippen molar-refractivity contribution in [2.75, 3.05) is 31.4 Å². The van der Waals surface area contributed by atoms with E-state index in [1.165, 1.54) is 6.39 Å². The fourth-order valence-electron chi connectivity index (χ4n) is 2.68. The molecule has 0 atom stereocenters. The number of aryl methyl sites for hydroxylation is 1.